The van der Waals surface area contributed by atoms with Gasteiger partial charge < -0.3 is 15.8 Å². The first-order valence-electron chi connectivity index (χ1n) is 6.50. The third-order valence-electron chi connectivity index (χ3n) is 4.08. The fourth-order valence-electron chi connectivity index (χ4n) is 2.90. The molecule has 1 aromatic carbocycles. The van der Waals surface area contributed by atoms with Gasteiger partial charge in [0.25, 0.3) is 11.6 Å². The highest BCUT2D eigenvalue weighted by Gasteiger charge is 2.52. The number of carbonyl (C=O) groups excluding carboxylic acids is 1. The van der Waals surface area contributed by atoms with E-state index in [1.165, 1.54) is 24.3 Å². The topological polar surface area (TPSA) is 107 Å². The Morgan fingerprint density at radius 2 is 2.10 bits per heavy atom. The molecule has 0 radical (unpaired) electrons. The zero-order chi connectivity index (χ0) is 14.3. The smallest absolute Gasteiger partial charge is 0.269 e. The Morgan fingerprint density at radius 1 is 1.40 bits per heavy atom. The van der Waals surface area contributed by atoms with Crippen molar-refractivity contribution in [3.8, 4) is 0 Å². The number of nitrogens with zero attached hydrogens (tertiary/aromatic N) is 1. The maximum Gasteiger partial charge on any atom is 0.269 e. The molecule has 3 rings (SSSR count). The Bertz CT molecular complexity index is 545. The van der Waals surface area contributed by atoms with Crippen molar-refractivity contribution in [1.29, 1.82) is 0 Å². The van der Waals surface area contributed by atoms with Crippen molar-refractivity contribution in [1.82, 2.24) is 5.32 Å². The highest BCUT2D eigenvalue weighted by Crippen LogP contribution is 2.37. The Kier molecular flexibility index (Phi) is 3.15. The van der Waals surface area contributed by atoms with E-state index in [2.05, 4.69) is 5.32 Å². The average molecular weight is 277 g/mol. The summed E-state index contributed by atoms with van der Waals surface area (Å²) in [5, 5.41) is 13.4. The van der Waals surface area contributed by atoms with Crippen LogP contribution in [0.3, 0.4) is 0 Å². The molecule has 0 aromatic heterocycles. The zero-order valence-corrected chi connectivity index (χ0v) is 10.7. The monoisotopic (exact) mass is 277 g/mol. The molecule has 7 nitrogen and oxygen atoms in total. The predicted molar refractivity (Wildman–Crippen MR) is 70.2 cm³/mol. The molecule has 1 saturated heterocycles. The maximum absolute atomic E-state index is 12.1. The molecule has 1 aliphatic carbocycles. The molecule has 106 valence electrons. The second kappa shape index (κ2) is 4.84. The first-order chi connectivity index (χ1) is 9.58. The van der Waals surface area contributed by atoms with E-state index in [0.29, 0.717) is 18.1 Å². The van der Waals surface area contributed by atoms with Crippen LogP contribution in [0.4, 0.5) is 5.69 Å². The molecule has 1 saturated carbocycles. The Hall–Kier alpha value is -1.99. The van der Waals surface area contributed by atoms with E-state index in [-0.39, 0.29) is 29.8 Å². The lowest BCUT2D eigenvalue weighted by Gasteiger charge is -2.45. The fraction of sp³-hybridized carbons (Fsp3) is 0.462. The van der Waals surface area contributed by atoms with E-state index in [1.54, 1.807) is 0 Å². The Morgan fingerprint density at radius 3 is 2.75 bits per heavy atom. The second-order valence-electron chi connectivity index (χ2n) is 5.17. The van der Waals surface area contributed by atoms with E-state index in [9.17, 15) is 14.9 Å². The summed E-state index contributed by atoms with van der Waals surface area (Å²) >= 11 is 0. The van der Waals surface area contributed by atoms with Crippen LogP contribution in [-0.2, 0) is 4.74 Å². The van der Waals surface area contributed by atoms with Crippen LogP contribution in [0.25, 0.3) is 0 Å². The minimum absolute atomic E-state index is 0.00648. The summed E-state index contributed by atoms with van der Waals surface area (Å²) in [6, 6.07) is 5.24. The Labute approximate surface area is 115 Å². The fourth-order valence-corrected chi connectivity index (χ4v) is 2.90. The van der Waals surface area contributed by atoms with Crippen LogP contribution in [0.2, 0.25) is 0 Å². The van der Waals surface area contributed by atoms with Gasteiger partial charge in [-0.25, -0.2) is 0 Å². The largest absolute Gasteiger partial charge is 0.376 e. The molecular formula is C13H15N3O4. The summed E-state index contributed by atoms with van der Waals surface area (Å²) in [4.78, 5) is 22.1. The number of nitrogens with one attached hydrogen (secondary N) is 1. The van der Waals surface area contributed by atoms with E-state index in [4.69, 9.17) is 10.5 Å². The second-order valence-corrected chi connectivity index (χ2v) is 5.17. The number of fused-ring (bicyclic) bond motifs is 1. The quantitative estimate of drug-likeness (QED) is 0.615. The number of hydrogen-bond donors (Lipinski definition) is 2. The van der Waals surface area contributed by atoms with Gasteiger partial charge in [0.2, 0.25) is 0 Å². The molecule has 1 heterocycles. The van der Waals surface area contributed by atoms with E-state index in [0.717, 1.165) is 6.42 Å². The molecule has 3 N–H and O–H groups in total. The van der Waals surface area contributed by atoms with Gasteiger partial charge in [0.05, 0.1) is 17.1 Å². The summed E-state index contributed by atoms with van der Waals surface area (Å²) in [6.07, 6.45) is 0.947. The number of rotatable bonds is 3. The van der Waals surface area contributed by atoms with Crippen LogP contribution in [0.5, 0.6) is 0 Å². The molecule has 1 aliphatic heterocycles. The third-order valence-corrected chi connectivity index (χ3v) is 4.08. The molecule has 0 bridgehead atoms. The lowest BCUT2D eigenvalue weighted by Crippen LogP contribution is -2.68. The minimum Gasteiger partial charge on any atom is -0.376 e. The van der Waals surface area contributed by atoms with Crippen LogP contribution in [0.1, 0.15) is 16.8 Å². The number of amides is 1. The van der Waals surface area contributed by atoms with Gasteiger partial charge in [-0.05, 0) is 18.6 Å². The zero-order valence-electron chi connectivity index (χ0n) is 10.7. The number of nitro benzene ring substituents is 1. The molecular weight excluding hydrogens is 262 g/mol. The molecule has 4 atom stereocenters. The predicted octanol–water partition coefficient (Wildman–Crippen LogP) is 0.439. The first-order valence-corrected chi connectivity index (χ1v) is 6.50. The number of nitrogens with two attached hydrogens (primary N) is 1. The SMILES string of the molecule is NC1C2CCOC2C1NC(=O)c1ccc([N+](=O)[O-])cc1. The summed E-state index contributed by atoms with van der Waals surface area (Å²) < 4.78 is 5.54. The van der Waals surface area contributed by atoms with Crippen molar-refractivity contribution >= 4 is 11.6 Å². The van der Waals surface area contributed by atoms with Crippen LogP contribution >= 0.6 is 0 Å². The van der Waals surface area contributed by atoms with Crippen molar-refractivity contribution in [3.05, 3.63) is 39.9 Å². The van der Waals surface area contributed by atoms with Gasteiger partial charge in [-0.3, -0.25) is 14.9 Å². The Balaban J connectivity index is 1.66. The maximum atomic E-state index is 12.1. The summed E-state index contributed by atoms with van der Waals surface area (Å²) in [5.41, 5.74) is 6.35. The molecule has 2 fully saturated rings. The van der Waals surface area contributed by atoms with Crippen LogP contribution in [0, 0.1) is 16.0 Å². The summed E-state index contributed by atoms with van der Waals surface area (Å²) in [5.74, 6) is 0.0476. The first kappa shape index (κ1) is 13.0. The number of hydrogen-bond acceptors (Lipinski definition) is 5. The van der Waals surface area contributed by atoms with Crippen LogP contribution in [0.15, 0.2) is 24.3 Å². The number of ether oxygens (including phenoxy) is 1. The van der Waals surface area contributed by atoms with E-state index >= 15 is 0 Å². The summed E-state index contributed by atoms with van der Waals surface area (Å²) in [6.45, 7) is 0.687. The standard InChI is InChI=1S/C13H15N3O4/c14-10-9-5-6-20-12(9)11(10)15-13(17)7-1-3-8(4-2-7)16(18)19/h1-4,9-12H,5-6,14H2,(H,15,17). The van der Waals surface area contributed by atoms with Gasteiger partial charge in [-0.2, -0.15) is 0 Å². The van der Waals surface area contributed by atoms with Gasteiger partial charge in [-0.1, -0.05) is 0 Å². The van der Waals surface area contributed by atoms with Crippen molar-refractivity contribution in [2.45, 2.75) is 24.6 Å². The van der Waals surface area contributed by atoms with Gasteiger partial charge >= 0.3 is 0 Å². The van der Waals surface area contributed by atoms with E-state index < -0.39 is 4.92 Å². The molecule has 1 amide bonds. The molecule has 20 heavy (non-hydrogen) atoms. The highest BCUT2D eigenvalue weighted by atomic mass is 16.6. The third kappa shape index (κ3) is 2.04. The van der Waals surface area contributed by atoms with Crippen LogP contribution in [-0.4, -0.2) is 35.6 Å². The normalized spacial score (nSPS) is 31.2. The lowest BCUT2D eigenvalue weighted by atomic mass is 9.72. The van der Waals surface area contributed by atoms with Crippen molar-refractivity contribution in [2.75, 3.05) is 6.61 Å². The van der Waals surface area contributed by atoms with Gasteiger partial charge in [0.15, 0.2) is 0 Å². The number of nitro groups is 1. The minimum atomic E-state index is -0.500. The number of benzene rings is 1. The lowest BCUT2D eigenvalue weighted by molar-refractivity contribution is -0.384. The molecule has 2 aliphatic rings. The van der Waals surface area contributed by atoms with E-state index in [1.807, 2.05) is 0 Å². The van der Waals surface area contributed by atoms with Gasteiger partial charge in [0.1, 0.15) is 0 Å². The average Bonchev–Trinajstić information content (AvgIpc) is 2.89. The van der Waals surface area contributed by atoms with Gasteiger partial charge in [-0.15, -0.1) is 0 Å². The molecule has 4 unspecified atom stereocenters. The van der Waals surface area contributed by atoms with Crippen molar-refractivity contribution < 1.29 is 14.5 Å². The number of non-ortho nitro benzene ring substituents is 1. The molecule has 0 spiro atoms. The molecule has 7 heteroatoms. The van der Waals surface area contributed by atoms with Crippen molar-refractivity contribution in [2.24, 2.45) is 11.7 Å². The van der Waals surface area contributed by atoms with Crippen LogP contribution < -0.4 is 11.1 Å². The molecule has 1 aromatic rings. The highest BCUT2D eigenvalue weighted by molar-refractivity contribution is 5.94. The summed E-state index contributed by atoms with van der Waals surface area (Å²) in [7, 11) is 0. The van der Waals surface area contributed by atoms with Crippen molar-refractivity contribution in [3.63, 3.8) is 0 Å². The number of carbonyl (C=O) groups is 1. The van der Waals surface area contributed by atoms with Gasteiger partial charge in [0, 0.05) is 36.3 Å².